The Morgan fingerprint density at radius 3 is 2.92 bits per heavy atom. The molecule has 0 aromatic heterocycles. The van der Waals surface area contributed by atoms with Crippen molar-refractivity contribution in [3.8, 4) is 5.75 Å². The highest BCUT2D eigenvalue weighted by Gasteiger charge is 2.16. The molecule has 2 fully saturated rings. The van der Waals surface area contributed by atoms with Crippen LogP contribution >= 0.6 is 0 Å². The maximum Gasteiger partial charge on any atom is 0.224 e. The number of ether oxygens (including phenoxy) is 1. The third-order valence-electron chi connectivity index (χ3n) is 5.26. The Kier molecular flexibility index (Phi) is 6.70. The Morgan fingerprint density at radius 1 is 1.36 bits per heavy atom. The second kappa shape index (κ2) is 9.20. The normalized spacial score (nSPS) is 20.8. The number of carbonyl (C=O) groups is 1. The minimum atomic E-state index is 0.106. The van der Waals surface area contributed by atoms with Crippen molar-refractivity contribution in [3.05, 3.63) is 23.8 Å². The molecule has 2 saturated heterocycles. The molecule has 0 aliphatic carbocycles. The molecule has 0 saturated carbocycles. The number of benzene rings is 1. The molecule has 0 radical (unpaired) electrons. The number of hydrogen-bond donors (Lipinski definition) is 2. The van der Waals surface area contributed by atoms with Gasteiger partial charge in [-0.2, -0.15) is 0 Å². The monoisotopic (exact) mass is 345 g/mol. The van der Waals surface area contributed by atoms with Crippen LogP contribution in [0.2, 0.25) is 0 Å². The van der Waals surface area contributed by atoms with E-state index in [2.05, 4.69) is 15.5 Å². The van der Waals surface area contributed by atoms with E-state index in [1.165, 1.54) is 32.4 Å². The first-order valence-electron chi connectivity index (χ1n) is 9.67. The van der Waals surface area contributed by atoms with Gasteiger partial charge in [-0.05, 0) is 88.5 Å². The van der Waals surface area contributed by atoms with E-state index < -0.39 is 0 Å². The van der Waals surface area contributed by atoms with Crippen LogP contribution in [0.4, 0.5) is 5.69 Å². The van der Waals surface area contributed by atoms with E-state index in [4.69, 9.17) is 4.74 Å². The smallest absolute Gasteiger partial charge is 0.224 e. The molecule has 5 heteroatoms. The van der Waals surface area contributed by atoms with E-state index in [0.29, 0.717) is 12.3 Å². The van der Waals surface area contributed by atoms with Crippen molar-refractivity contribution < 1.29 is 9.53 Å². The Hall–Kier alpha value is -1.59. The van der Waals surface area contributed by atoms with Crippen LogP contribution in [-0.2, 0) is 4.79 Å². The zero-order chi connectivity index (χ0) is 17.5. The Bertz CT molecular complexity index is 564. The lowest BCUT2D eigenvalue weighted by molar-refractivity contribution is -0.116. The van der Waals surface area contributed by atoms with Crippen molar-refractivity contribution in [2.75, 3.05) is 44.6 Å². The fraction of sp³-hybridized carbons (Fsp3) is 0.650. The molecule has 138 valence electrons. The van der Waals surface area contributed by atoms with Crippen LogP contribution < -0.4 is 15.4 Å². The molecule has 1 unspecified atom stereocenters. The molecule has 1 atom stereocenters. The topological polar surface area (TPSA) is 53.6 Å². The first-order valence-corrected chi connectivity index (χ1v) is 9.67. The summed E-state index contributed by atoms with van der Waals surface area (Å²) in [6.07, 6.45) is 5.38. The molecule has 5 nitrogen and oxygen atoms in total. The minimum Gasteiger partial charge on any atom is -0.492 e. The molecular formula is C20H31N3O2. The highest BCUT2D eigenvalue weighted by atomic mass is 16.5. The molecule has 2 heterocycles. The highest BCUT2D eigenvalue weighted by Crippen LogP contribution is 2.23. The van der Waals surface area contributed by atoms with Crippen molar-refractivity contribution >= 4 is 11.6 Å². The van der Waals surface area contributed by atoms with Gasteiger partial charge in [-0.3, -0.25) is 9.69 Å². The van der Waals surface area contributed by atoms with Gasteiger partial charge in [-0.25, -0.2) is 0 Å². The number of likely N-dealkylation sites (tertiary alicyclic amines) is 1. The number of hydrogen-bond acceptors (Lipinski definition) is 4. The van der Waals surface area contributed by atoms with Gasteiger partial charge in [0.2, 0.25) is 5.91 Å². The van der Waals surface area contributed by atoms with E-state index >= 15 is 0 Å². The van der Waals surface area contributed by atoms with Gasteiger partial charge in [-0.1, -0.05) is 0 Å². The largest absolute Gasteiger partial charge is 0.492 e. The second-order valence-corrected chi connectivity index (χ2v) is 7.32. The van der Waals surface area contributed by atoms with Crippen molar-refractivity contribution in [1.82, 2.24) is 10.2 Å². The van der Waals surface area contributed by atoms with Gasteiger partial charge >= 0.3 is 0 Å². The third-order valence-corrected chi connectivity index (χ3v) is 5.26. The fourth-order valence-electron chi connectivity index (χ4n) is 3.70. The lowest BCUT2D eigenvalue weighted by Crippen LogP contribution is -2.25. The average molecular weight is 345 g/mol. The SMILES string of the molecule is Cc1cc(NC(=O)CCC2CCNC2)ccc1OCCN1CCCC1. The van der Waals surface area contributed by atoms with Gasteiger partial charge in [0.1, 0.15) is 12.4 Å². The number of aryl methyl sites for hydroxylation is 1. The fourth-order valence-corrected chi connectivity index (χ4v) is 3.70. The lowest BCUT2D eigenvalue weighted by Gasteiger charge is -2.16. The summed E-state index contributed by atoms with van der Waals surface area (Å²) in [5.74, 6) is 1.67. The zero-order valence-corrected chi connectivity index (χ0v) is 15.4. The molecule has 2 N–H and O–H groups in total. The Balaban J connectivity index is 1.41. The zero-order valence-electron chi connectivity index (χ0n) is 15.4. The number of carbonyl (C=O) groups excluding carboxylic acids is 1. The Labute approximate surface area is 151 Å². The lowest BCUT2D eigenvalue weighted by atomic mass is 10.0. The summed E-state index contributed by atoms with van der Waals surface area (Å²) >= 11 is 0. The molecule has 0 spiro atoms. The van der Waals surface area contributed by atoms with E-state index in [1.54, 1.807) is 0 Å². The van der Waals surface area contributed by atoms with Crippen LogP contribution in [-0.4, -0.2) is 50.1 Å². The molecule has 1 aromatic rings. The summed E-state index contributed by atoms with van der Waals surface area (Å²) < 4.78 is 5.91. The van der Waals surface area contributed by atoms with Crippen LogP contribution in [0.1, 0.15) is 37.7 Å². The summed E-state index contributed by atoms with van der Waals surface area (Å²) in [7, 11) is 0. The van der Waals surface area contributed by atoms with Crippen molar-refractivity contribution in [3.63, 3.8) is 0 Å². The maximum absolute atomic E-state index is 12.1. The summed E-state index contributed by atoms with van der Waals surface area (Å²) in [5, 5.41) is 6.36. The minimum absolute atomic E-state index is 0.106. The number of nitrogens with one attached hydrogen (secondary N) is 2. The van der Waals surface area contributed by atoms with E-state index in [1.807, 2.05) is 25.1 Å². The van der Waals surface area contributed by atoms with Crippen molar-refractivity contribution in [2.24, 2.45) is 5.92 Å². The molecule has 1 amide bonds. The van der Waals surface area contributed by atoms with Gasteiger partial charge in [0.15, 0.2) is 0 Å². The first-order chi connectivity index (χ1) is 12.2. The van der Waals surface area contributed by atoms with Gasteiger partial charge < -0.3 is 15.4 Å². The van der Waals surface area contributed by atoms with E-state index in [9.17, 15) is 4.79 Å². The van der Waals surface area contributed by atoms with Crippen LogP contribution in [0.5, 0.6) is 5.75 Å². The van der Waals surface area contributed by atoms with Crippen molar-refractivity contribution in [1.29, 1.82) is 0 Å². The molecule has 1 aromatic carbocycles. The number of nitrogens with zero attached hydrogens (tertiary/aromatic N) is 1. The summed E-state index contributed by atoms with van der Waals surface area (Å²) in [4.78, 5) is 14.6. The molecule has 0 bridgehead atoms. The van der Waals surface area contributed by atoms with Crippen LogP contribution in [0.15, 0.2) is 18.2 Å². The maximum atomic E-state index is 12.1. The van der Waals surface area contributed by atoms with Crippen LogP contribution in [0, 0.1) is 12.8 Å². The molecule has 2 aliphatic heterocycles. The van der Waals surface area contributed by atoms with Crippen molar-refractivity contribution in [2.45, 2.75) is 39.0 Å². The van der Waals surface area contributed by atoms with E-state index in [0.717, 1.165) is 49.7 Å². The third kappa shape index (κ3) is 5.72. The molecule has 3 rings (SSSR count). The summed E-state index contributed by atoms with van der Waals surface area (Å²) in [5.41, 5.74) is 1.93. The number of amides is 1. The van der Waals surface area contributed by atoms with Crippen LogP contribution in [0.3, 0.4) is 0 Å². The number of anilines is 1. The van der Waals surface area contributed by atoms with Gasteiger partial charge in [-0.15, -0.1) is 0 Å². The van der Waals surface area contributed by atoms with Crippen LogP contribution in [0.25, 0.3) is 0 Å². The highest BCUT2D eigenvalue weighted by molar-refractivity contribution is 5.90. The quantitative estimate of drug-likeness (QED) is 0.761. The van der Waals surface area contributed by atoms with E-state index in [-0.39, 0.29) is 5.91 Å². The molecule has 2 aliphatic rings. The summed E-state index contributed by atoms with van der Waals surface area (Å²) in [6.45, 7) is 8.29. The Morgan fingerprint density at radius 2 is 2.20 bits per heavy atom. The molecular weight excluding hydrogens is 314 g/mol. The molecule has 25 heavy (non-hydrogen) atoms. The number of rotatable bonds is 8. The average Bonchev–Trinajstić information content (AvgIpc) is 3.28. The predicted molar refractivity (Wildman–Crippen MR) is 101 cm³/mol. The second-order valence-electron chi connectivity index (χ2n) is 7.32. The standard InChI is InChI=1S/C20H31N3O2/c1-16-14-18(22-20(24)7-4-17-8-9-21-15-17)5-6-19(16)25-13-12-23-10-2-3-11-23/h5-6,14,17,21H,2-4,7-13,15H2,1H3,(H,22,24). The van der Waals surface area contributed by atoms with Gasteiger partial charge in [0.05, 0.1) is 0 Å². The predicted octanol–water partition coefficient (Wildman–Crippen LogP) is 2.80. The van der Waals surface area contributed by atoms with Gasteiger partial charge in [0, 0.05) is 18.7 Å². The van der Waals surface area contributed by atoms with Gasteiger partial charge in [0.25, 0.3) is 0 Å². The first kappa shape index (κ1) is 18.2. The summed E-state index contributed by atoms with van der Waals surface area (Å²) in [6, 6.07) is 5.91.